The van der Waals surface area contributed by atoms with Crippen LogP contribution in [0.5, 0.6) is 0 Å². The zero-order chi connectivity index (χ0) is 48.4. The number of aromatic carboxylic acids is 2. The Morgan fingerprint density at radius 3 is 0.703 bits per heavy atom. The first-order valence-corrected chi connectivity index (χ1v) is 22.1. The number of aliphatic hydroxyl groups is 8. The fraction of sp³-hybridized carbons (Fsp3) is 0.727. The smallest absolute Gasteiger partial charge is 0.335 e. The van der Waals surface area contributed by atoms with Crippen LogP contribution in [0.1, 0.15) is 175 Å². The van der Waals surface area contributed by atoms with Crippen LogP contribution in [-0.4, -0.2) is 138 Å². The van der Waals surface area contributed by atoms with E-state index in [-0.39, 0.29) is 88.9 Å². The SMILES string of the molecule is O=C(CCCCCCCCC(=O)OC(O)CCCO)OC(O)CCCO.O=C(CCCCCCCCC(=O)OC(O)CCCO)OC(O)CCCO.O=C(O)c1ccc(C(=O)O)cc1. The fourth-order valence-corrected chi connectivity index (χ4v) is 5.39. The summed E-state index contributed by atoms with van der Waals surface area (Å²) in [5, 5.41) is 88.9. The summed E-state index contributed by atoms with van der Waals surface area (Å²) in [6.07, 6.45) is 8.96. The summed E-state index contributed by atoms with van der Waals surface area (Å²) in [6.45, 7) is -0.180. The molecule has 1 rings (SSSR count). The molecule has 0 aliphatic rings. The predicted octanol–water partition coefficient (Wildman–Crippen LogP) is 3.83. The minimum atomic E-state index is -1.14. The van der Waals surface area contributed by atoms with Gasteiger partial charge in [0.15, 0.2) is 0 Å². The third-order valence-corrected chi connectivity index (χ3v) is 8.91. The summed E-state index contributed by atoms with van der Waals surface area (Å²) < 4.78 is 19.2. The highest BCUT2D eigenvalue weighted by Crippen LogP contribution is 2.13. The first-order valence-electron chi connectivity index (χ1n) is 22.1. The number of aliphatic hydroxyl groups excluding tert-OH is 8. The van der Waals surface area contributed by atoms with Crippen molar-refractivity contribution in [1.29, 1.82) is 0 Å². The van der Waals surface area contributed by atoms with Gasteiger partial charge in [0.25, 0.3) is 0 Å². The molecular weight excluding hydrogens is 848 g/mol. The van der Waals surface area contributed by atoms with E-state index < -0.39 is 61.0 Å². The minimum Gasteiger partial charge on any atom is -0.478 e. The molecule has 0 aliphatic carbocycles. The van der Waals surface area contributed by atoms with E-state index in [1.807, 2.05) is 0 Å². The molecule has 0 saturated heterocycles. The van der Waals surface area contributed by atoms with E-state index in [0.29, 0.717) is 51.4 Å². The lowest BCUT2D eigenvalue weighted by atomic mass is 10.1. The van der Waals surface area contributed by atoms with Crippen LogP contribution in [0.4, 0.5) is 0 Å². The van der Waals surface area contributed by atoms with Gasteiger partial charge in [-0.05, 0) is 75.6 Å². The van der Waals surface area contributed by atoms with Crippen LogP contribution in [0.3, 0.4) is 0 Å². The van der Waals surface area contributed by atoms with Gasteiger partial charge >= 0.3 is 35.8 Å². The highest BCUT2D eigenvalue weighted by molar-refractivity contribution is 5.91. The third-order valence-electron chi connectivity index (χ3n) is 8.91. The number of carboxylic acids is 2. The molecule has 20 nitrogen and oxygen atoms in total. The largest absolute Gasteiger partial charge is 0.478 e. The molecule has 0 heterocycles. The van der Waals surface area contributed by atoms with E-state index in [9.17, 15) is 49.2 Å². The molecule has 20 heteroatoms. The second kappa shape index (κ2) is 42.7. The van der Waals surface area contributed by atoms with Gasteiger partial charge in [0, 0.05) is 77.8 Å². The summed E-state index contributed by atoms with van der Waals surface area (Å²) in [5.41, 5.74) is 0.167. The van der Waals surface area contributed by atoms with Crippen molar-refractivity contribution < 1.29 is 98.8 Å². The zero-order valence-electron chi connectivity index (χ0n) is 37.0. The highest BCUT2D eigenvalue weighted by Gasteiger charge is 2.14. The Morgan fingerprint density at radius 2 is 0.531 bits per heavy atom. The van der Waals surface area contributed by atoms with Crippen LogP contribution in [0.25, 0.3) is 0 Å². The number of carboxylic acid groups (broad SMARTS) is 2. The normalized spacial score (nSPS) is 12.5. The van der Waals surface area contributed by atoms with Crippen molar-refractivity contribution in [2.24, 2.45) is 0 Å². The van der Waals surface area contributed by atoms with E-state index in [0.717, 1.165) is 51.4 Å². The van der Waals surface area contributed by atoms with Crippen LogP contribution in [0, 0.1) is 0 Å². The summed E-state index contributed by atoms with van der Waals surface area (Å²) in [4.78, 5) is 66.5. The van der Waals surface area contributed by atoms with E-state index in [2.05, 4.69) is 0 Å². The monoisotopic (exact) mass is 922 g/mol. The molecule has 4 atom stereocenters. The molecule has 10 N–H and O–H groups in total. The number of esters is 4. The lowest BCUT2D eigenvalue weighted by Crippen LogP contribution is -2.17. The highest BCUT2D eigenvalue weighted by atomic mass is 16.6. The molecule has 370 valence electrons. The van der Waals surface area contributed by atoms with E-state index in [1.165, 1.54) is 24.3 Å². The zero-order valence-corrected chi connectivity index (χ0v) is 37.0. The van der Waals surface area contributed by atoms with Crippen molar-refractivity contribution in [3.05, 3.63) is 35.4 Å². The maximum absolute atomic E-state index is 11.5. The lowest BCUT2D eigenvalue weighted by molar-refractivity contribution is -0.170. The number of hydrogen-bond acceptors (Lipinski definition) is 18. The maximum Gasteiger partial charge on any atom is 0.335 e. The summed E-state index contributed by atoms with van der Waals surface area (Å²) in [7, 11) is 0. The van der Waals surface area contributed by atoms with Gasteiger partial charge in [-0.25, -0.2) is 9.59 Å². The number of carbonyl (C=O) groups excluding carboxylic acids is 4. The number of carbonyl (C=O) groups is 6. The topological polar surface area (TPSA) is 342 Å². The van der Waals surface area contributed by atoms with Gasteiger partial charge in [-0.3, -0.25) is 19.2 Å². The Kier molecular flexibility index (Phi) is 41.2. The Labute approximate surface area is 375 Å². The van der Waals surface area contributed by atoms with Crippen LogP contribution >= 0.6 is 0 Å². The number of unbranched alkanes of at least 4 members (excludes halogenated alkanes) is 10. The van der Waals surface area contributed by atoms with Gasteiger partial charge in [0.1, 0.15) is 0 Å². The van der Waals surface area contributed by atoms with Crippen LogP contribution in [0.15, 0.2) is 24.3 Å². The van der Waals surface area contributed by atoms with Crippen molar-refractivity contribution in [3.8, 4) is 0 Å². The molecule has 0 aliphatic heterocycles. The molecule has 0 amide bonds. The van der Waals surface area contributed by atoms with E-state index in [4.69, 9.17) is 49.6 Å². The average Bonchev–Trinajstić information content (AvgIpc) is 3.25. The van der Waals surface area contributed by atoms with Crippen molar-refractivity contribution >= 4 is 35.8 Å². The number of hydrogen-bond donors (Lipinski definition) is 10. The van der Waals surface area contributed by atoms with Gasteiger partial charge in [-0.15, -0.1) is 0 Å². The lowest BCUT2D eigenvalue weighted by Gasteiger charge is -2.11. The molecule has 0 bridgehead atoms. The Morgan fingerprint density at radius 1 is 0.344 bits per heavy atom. The van der Waals surface area contributed by atoms with Crippen LogP contribution in [-0.2, 0) is 38.1 Å². The number of ether oxygens (including phenoxy) is 4. The quantitative estimate of drug-likeness (QED) is 0.0198. The Bertz CT molecular complexity index is 1190. The van der Waals surface area contributed by atoms with Gasteiger partial charge in [-0.2, -0.15) is 0 Å². The van der Waals surface area contributed by atoms with Crippen molar-refractivity contribution in [2.75, 3.05) is 26.4 Å². The second-order valence-corrected chi connectivity index (χ2v) is 14.7. The van der Waals surface area contributed by atoms with Crippen molar-refractivity contribution in [3.63, 3.8) is 0 Å². The first kappa shape index (κ1) is 61.8. The summed E-state index contributed by atoms with van der Waals surface area (Å²) in [5.74, 6) is -3.86. The summed E-state index contributed by atoms with van der Waals surface area (Å²) >= 11 is 0. The standard InChI is InChI=1S/2C18H34O8.C8H6O4/c2*19-13-7-11-17(23)25-15(21)9-5-3-1-2-4-6-10-16(22)26-18(24)12-8-14-20;9-7(10)5-1-2-6(4-3-5)8(11)12/h2*17-20,23-24H,1-14H2;1-4H,(H,9,10)(H,11,12). The second-order valence-electron chi connectivity index (χ2n) is 14.7. The molecule has 0 radical (unpaired) electrons. The Balaban J connectivity index is 0. The molecule has 1 aromatic carbocycles. The molecule has 0 aromatic heterocycles. The molecule has 1 aromatic rings. The first-order chi connectivity index (χ1) is 30.6. The van der Waals surface area contributed by atoms with Gasteiger partial charge in [0.05, 0.1) is 11.1 Å². The molecule has 64 heavy (non-hydrogen) atoms. The molecular formula is C44H74O20. The molecule has 0 saturated carbocycles. The van der Waals surface area contributed by atoms with E-state index >= 15 is 0 Å². The number of rotatable bonds is 36. The average molecular weight is 923 g/mol. The molecule has 0 spiro atoms. The Hall–Kier alpha value is -4.28. The van der Waals surface area contributed by atoms with Crippen LogP contribution in [0.2, 0.25) is 0 Å². The van der Waals surface area contributed by atoms with Crippen LogP contribution < -0.4 is 0 Å². The molecule has 4 unspecified atom stereocenters. The summed E-state index contributed by atoms with van der Waals surface area (Å²) in [6, 6.07) is 5.02. The van der Waals surface area contributed by atoms with E-state index in [1.54, 1.807) is 0 Å². The predicted molar refractivity (Wildman–Crippen MR) is 228 cm³/mol. The van der Waals surface area contributed by atoms with Gasteiger partial charge < -0.3 is 70.0 Å². The van der Waals surface area contributed by atoms with Crippen molar-refractivity contribution in [2.45, 2.75) is 179 Å². The van der Waals surface area contributed by atoms with Gasteiger partial charge in [-0.1, -0.05) is 51.4 Å². The fourth-order valence-electron chi connectivity index (χ4n) is 5.39. The molecule has 0 fully saturated rings. The van der Waals surface area contributed by atoms with Crippen molar-refractivity contribution in [1.82, 2.24) is 0 Å². The maximum atomic E-state index is 11.5. The minimum absolute atomic E-state index is 0.0450. The third kappa shape index (κ3) is 40.5. The van der Waals surface area contributed by atoms with Gasteiger partial charge in [0.2, 0.25) is 25.2 Å². The number of benzene rings is 1.